The van der Waals surface area contributed by atoms with E-state index in [0.29, 0.717) is 68.7 Å². The van der Waals surface area contributed by atoms with Gasteiger partial charge >= 0.3 is 7.60 Å². The summed E-state index contributed by atoms with van der Waals surface area (Å²) in [6.45, 7) is 2.83. The number of nitrogens with one attached hydrogen (secondary N) is 1. The third kappa shape index (κ3) is 8.03. The lowest BCUT2D eigenvalue weighted by Crippen LogP contribution is -2.30. The first-order valence-corrected chi connectivity index (χ1v) is 13.0. The molecule has 2 aromatic rings. The summed E-state index contributed by atoms with van der Waals surface area (Å²) in [5.41, 5.74) is 1.09. The van der Waals surface area contributed by atoms with Crippen molar-refractivity contribution in [1.29, 1.82) is 0 Å². The predicted octanol–water partition coefficient (Wildman–Crippen LogP) is 1.22. The average molecular weight is 508 g/mol. The fourth-order valence-corrected chi connectivity index (χ4v) is 4.01. The number of anilines is 1. The highest BCUT2D eigenvalue weighted by molar-refractivity contribution is 7.51. The van der Waals surface area contributed by atoms with Crippen molar-refractivity contribution in [3.63, 3.8) is 0 Å². The minimum atomic E-state index is -4.24. The minimum Gasteiger partial charge on any atom is -0.368 e. The molecule has 2 amide bonds. The van der Waals surface area contributed by atoms with E-state index in [-0.39, 0.29) is 17.6 Å². The van der Waals surface area contributed by atoms with Crippen LogP contribution in [0.2, 0.25) is 0 Å². The van der Waals surface area contributed by atoms with Gasteiger partial charge in [0.25, 0.3) is 11.8 Å². The lowest BCUT2D eigenvalue weighted by atomic mass is 10.1. The molecule has 35 heavy (non-hydrogen) atoms. The zero-order chi connectivity index (χ0) is 25.4. The first-order valence-electron chi connectivity index (χ1n) is 11.2. The van der Waals surface area contributed by atoms with Gasteiger partial charge in [-0.25, -0.2) is 15.0 Å². The van der Waals surface area contributed by atoms with E-state index in [1.54, 1.807) is 17.8 Å². The van der Waals surface area contributed by atoms with E-state index < -0.39 is 20.0 Å². The number of hydrogen-bond donors (Lipinski definition) is 3. The molecule has 0 unspecified atom stereocenters. The van der Waals surface area contributed by atoms with Gasteiger partial charge in [-0.05, 0) is 26.2 Å². The highest BCUT2D eigenvalue weighted by Crippen LogP contribution is 2.34. The number of carbonyl (C=O) groups excluding carboxylic acids is 3. The third-order valence-electron chi connectivity index (χ3n) is 5.29. The molecule has 0 aliphatic carbocycles. The Labute approximate surface area is 201 Å². The lowest BCUT2D eigenvalue weighted by molar-refractivity contribution is -0.136. The number of Topliss-reactive ketones (excluding diaryl/α,β-unsaturated/α-hetero) is 1. The normalized spacial score (nSPS) is 14.8. The Hall–Kier alpha value is -2.99. The molecular weight excluding hydrogens is 479 g/mol. The number of ketones is 1. The van der Waals surface area contributed by atoms with Gasteiger partial charge in [-0.2, -0.15) is 0 Å². The van der Waals surface area contributed by atoms with Crippen LogP contribution in [0, 0.1) is 0 Å². The van der Waals surface area contributed by atoms with Crippen molar-refractivity contribution in [1.82, 2.24) is 24.4 Å². The maximum Gasteiger partial charge on any atom is 0.350 e. The summed E-state index contributed by atoms with van der Waals surface area (Å²) in [5.74, 6) is 0.0292. The third-order valence-corrected chi connectivity index (χ3v) is 5.78. The number of fused-ring (bicyclic) bond motifs is 1. The number of ether oxygens (including phenoxy) is 1. The lowest BCUT2D eigenvalue weighted by Gasteiger charge is -2.14. The van der Waals surface area contributed by atoms with E-state index in [1.165, 1.54) is 23.4 Å². The van der Waals surface area contributed by atoms with Crippen molar-refractivity contribution in [3.05, 3.63) is 24.8 Å². The van der Waals surface area contributed by atoms with Crippen molar-refractivity contribution in [2.45, 2.75) is 51.7 Å². The summed E-state index contributed by atoms with van der Waals surface area (Å²) in [6.07, 6.45) is 6.93. The number of rotatable bonds is 15. The quantitative estimate of drug-likeness (QED) is 0.179. The summed E-state index contributed by atoms with van der Waals surface area (Å²) >= 11 is 0. The van der Waals surface area contributed by atoms with Crippen LogP contribution in [0.15, 0.2) is 24.8 Å². The van der Waals surface area contributed by atoms with Crippen molar-refractivity contribution in [2.24, 2.45) is 0 Å². The summed E-state index contributed by atoms with van der Waals surface area (Å²) < 4.78 is 17.9. The Morgan fingerprint density at radius 2 is 1.83 bits per heavy atom. The van der Waals surface area contributed by atoms with Crippen LogP contribution in [0.3, 0.4) is 0 Å². The number of unbranched alkanes of at least 4 members (excludes halogenated alkanes) is 1. The smallest absolute Gasteiger partial charge is 0.350 e. The maximum atomic E-state index is 12.1. The van der Waals surface area contributed by atoms with Crippen molar-refractivity contribution in [3.8, 4) is 0 Å². The van der Waals surface area contributed by atoms with Crippen LogP contribution in [0.25, 0.3) is 11.2 Å². The van der Waals surface area contributed by atoms with Gasteiger partial charge in [-0.3, -0.25) is 23.8 Å². The number of amides is 2. The van der Waals surface area contributed by atoms with Crippen LogP contribution in [0.1, 0.15) is 39.0 Å². The van der Waals surface area contributed by atoms with Gasteiger partial charge in [0.05, 0.1) is 19.0 Å². The van der Waals surface area contributed by atoms with E-state index in [0.717, 1.165) is 0 Å². The highest BCUT2D eigenvalue weighted by atomic mass is 31.2. The zero-order valence-corrected chi connectivity index (χ0v) is 20.3. The molecule has 3 heterocycles. The molecule has 0 saturated carbocycles. The number of nitrogens with zero attached hydrogens (tertiary/aromatic N) is 5. The monoisotopic (exact) mass is 508 g/mol. The number of hydrogen-bond acceptors (Lipinski definition) is 9. The molecule has 0 bridgehead atoms. The van der Waals surface area contributed by atoms with E-state index in [4.69, 9.17) is 14.5 Å². The molecule has 13 nitrogen and oxygen atoms in total. The molecule has 3 N–H and O–H groups in total. The molecule has 1 aliphatic heterocycles. The van der Waals surface area contributed by atoms with Gasteiger partial charge < -0.3 is 24.4 Å². The van der Waals surface area contributed by atoms with E-state index in [1.807, 2.05) is 0 Å². The van der Waals surface area contributed by atoms with Crippen LogP contribution in [0.5, 0.6) is 0 Å². The number of imidazole rings is 1. The van der Waals surface area contributed by atoms with E-state index in [2.05, 4.69) is 20.3 Å². The molecule has 14 heteroatoms. The Balaban J connectivity index is 1.38. The Morgan fingerprint density at radius 1 is 1.11 bits per heavy atom. The molecule has 1 aliphatic rings. The second-order valence-electron chi connectivity index (χ2n) is 8.25. The second-order valence-corrected chi connectivity index (χ2v) is 9.84. The first kappa shape index (κ1) is 26.6. The fourth-order valence-electron chi connectivity index (χ4n) is 3.56. The Bertz CT molecular complexity index is 1130. The molecule has 190 valence electrons. The molecule has 1 atom stereocenters. The number of carbonyl (C=O) groups is 3. The van der Waals surface area contributed by atoms with Gasteiger partial charge in [0.15, 0.2) is 11.5 Å². The molecule has 0 spiro atoms. The summed E-state index contributed by atoms with van der Waals surface area (Å²) in [6, 6.07) is 0. The van der Waals surface area contributed by atoms with E-state index >= 15 is 0 Å². The van der Waals surface area contributed by atoms with Crippen LogP contribution in [-0.4, -0.2) is 77.3 Å². The Kier molecular flexibility index (Phi) is 9.21. The Morgan fingerprint density at radius 3 is 2.54 bits per heavy atom. The number of aromatic nitrogens is 4. The fraction of sp³-hybridized carbons (Fsp3) is 0.524. The van der Waals surface area contributed by atoms with Crippen LogP contribution < -0.4 is 5.32 Å². The van der Waals surface area contributed by atoms with Gasteiger partial charge in [-0.15, -0.1) is 0 Å². The van der Waals surface area contributed by atoms with Crippen LogP contribution >= 0.6 is 7.60 Å². The first-order chi connectivity index (χ1) is 16.6. The zero-order valence-electron chi connectivity index (χ0n) is 19.4. The second kappa shape index (κ2) is 12.1. The molecule has 0 aromatic carbocycles. The summed E-state index contributed by atoms with van der Waals surface area (Å²) in [7, 11) is -4.24. The molecule has 3 rings (SSSR count). The van der Waals surface area contributed by atoms with Gasteiger partial charge in [0.2, 0.25) is 0 Å². The van der Waals surface area contributed by atoms with Crippen LogP contribution in [0.4, 0.5) is 5.82 Å². The highest BCUT2D eigenvalue weighted by Gasteiger charge is 2.22. The van der Waals surface area contributed by atoms with Crippen molar-refractivity contribution in [2.75, 3.05) is 24.8 Å². The molecule has 2 aromatic heterocycles. The summed E-state index contributed by atoms with van der Waals surface area (Å²) in [4.78, 5) is 66.9. The standard InChI is InChI=1S/C21H29N6O7P/c1-15(34-14-35(31,32)33)11-26-13-25-19-20(23-12-24-21(19)26)22-9-4-6-16(28)5-2-3-10-27-17(29)7-8-18(27)30/h7-8,12-13,15H,2-6,9-11,14H2,1H3,(H,22,23,24)(H2,31,32,33)/t15-/m1/s1. The van der Waals surface area contributed by atoms with Gasteiger partial charge in [0.1, 0.15) is 24.0 Å². The average Bonchev–Trinajstić information content (AvgIpc) is 3.35. The molecular formula is C21H29N6O7P. The number of imide groups is 1. The summed E-state index contributed by atoms with van der Waals surface area (Å²) in [5, 5.41) is 3.17. The van der Waals surface area contributed by atoms with E-state index in [9.17, 15) is 18.9 Å². The SMILES string of the molecule is C[C@H](Cn1cnc2c(NCCCC(=O)CCCCN3C(=O)C=CC3=O)ncnc21)OCP(=O)(O)O. The largest absolute Gasteiger partial charge is 0.368 e. The minimum absolute atomic E-state index is 0.116. The maximum absolute atomic E-state index is 12.1. The molecule has 0 radical (unpaired) electrons. The van der Waals surface area contributed by atoms with Gasteiger partial charge in [0, 0.05) is 38.1 Å². The predicted molar refractivity (Wildman–Crippen MR) is 125 cm³/mol. The topological polar surface area (TPSA) is 177 Å². The molecule has 0 saturated heterocycles. The van der Waals surface area contributed by atoms with Crippen molar-refractivity contribution < 1.29 is 33.5 Å². The van der Waals surface area contributed by atoms with Crippen LogP contribution in [-0.2, 0) is 30.2 Å². The van der Waals surface area contributed by atoms with Gasteiger partial charge in [-0.1, -0.05) is 0 Å². The molecule has 0 fully saturated rings. The van der Waals surface area contributed by atoms with Crippen molar-refractivity contribution >= 4 is 42.2 Å².